The lowest BCUT2D eigenvalue weighted by atomic mass is 9.83. The van der Waals surface area contributed by atoms with Crippen LogP contribution >= 0.6 is 0 Å². The van der Waals surface area contributed by atoms with Crippen molar-refractivity contribution in [3.63, 3.8) is 0 Å². The van der Waals surface area contributed by atoms with E-state index in [1.807, 2.05) is 13.8 Å². The molecule has 1 fully saturated rings. The number of esters is 2. The maximum atomic E-state index is 11.6. The van der Waals surface area contributed by atoms with Crippen molar-refractivity contribution >= 4 is 21.2 Å². The predicted molar refractivity (Wildman–Crippen MR) is 72.9 cm³/mol. The summed E-state index contributed by atoms with van der Waals surface area (Å²) in [5, 5.41) is 0. The van der Waals surface area contributed by atoms with E-state index in [1.165, 1.54) is 0 Å². The summed E-state index contributed by atoms with van der Waals surface area (Å²) in [5.41, 5.74) is -0.620. The van der Waals surface area contributed by atoms with Crippen molar-refractivity contribution in [2.75, 3.05) is 13.2 Å². The number of ether oxygens (including phenoxy) is 1. The van der Waals surface area contributed by atoms with Crippen LogP contribution in [0.4, 0.5) is 0 Å². The fourth-order valence-electron chi connectivity index (χ4n) is 2.26. The van der Waals surface area contributed by atoms with E-state index in [2.05, 4.69) is 4.74 Å². The smallest absolute Gasteiger partial charge is 0.321 e. The molecule has 1 heterocycles. The van der Waals surface area contributed by atoms with Gasteiger partial charge in [-0.05, 0) is 33.2 Å². The molecule has 0 aromatic heterocycles. The summed E-state index contributed by atoms with van der Waals surface area (Å²) >= 11 is 0. The molecular formula is C13H24O5Si. The van der Waals surface area contributed by atoms with Gasteiger partial charge in [0, 0.05) is 13.2 Å². The van der Waals surface area contributed by atoms with Crippen molar-refractivity contribution in [3.05, 3.63) is 0 Å². The van der Waals surface area contributed by atoms with Gasteiger partial charge in [-0.2, -0.15) is 0 Å². The molecule has 0 spiro atoms. The lowest BCUT2D eigenvalue weighted by Gasteiger charge is -2.18. The maximum Gasteiger partial charge on any atom is 0.321 e. The Hall–Kier alpha value is -0.723. The first-order valence-corrected chi connectivity index (χ1v) is 8.76. The van der Waals surface area contributed by atoms with E-state index in [1.54, 1.807) is 6.92 Å². The molecule has 0 aromatic rings. The monoisotopic (exact) mass is 288 g/mol. The van der Waals surface area contributed by atoms with Crippen molar-refractivity contribution < 1.29 is 23.2 Å². The second-order valence-electron chi connectivity index (χ2n) is 5.08. The molecule has 0 N–H and O–H groups in total. The lowest BCUT2D eigenvalue weighted by Crippen LogP contribution is -2.24. The molecule has 1 aliphatic heterocycles. The quantitative estimate of drug-likeness (QED) is 0.281. The van der Waals surface area contributed by atoms with Crippen LogP contribution in [-0.4, -0.2) is 34.4 Å². The average Bonchev–Trinajstić information content (AvgIpc) is 2.59. The normalized spacial score (nSPS) is 23.2. The predicted octanol–water partition coefficient (Wildman–Crippen LogP) is 1.93. The third-order valence-electron chi connectivity index (χ3n) is 3.36. The van der Waals surface area contributed by atoms with Crippen LogP contribution in [0.15, 0.2) is 0 Å². The second kappa shape index (κ2) is 7.77. The number of hydrogen-bond donors (Lipinski definition) is 0. The molecule has 6 heteroatoms. The van der Waals surface area contributed by atoms with E-state index >= 15 is 0 Å². The molecule has 0 aromatic carbocycles. The molecule has 1 saturated heterocycles. The molecule has 1 atom stereocenters. The molecular weight excluding hydrogens is 264 g/mol. The summed E-state index contributed by atoms with van der Waals surface area (Å²) in [4.78, 5) is 22.7. The summed E-state index contributed by atoms with van der Waals surface area (Å²) in [5.74, 6) is -0.774. The Balaban J connectivity index is 2.26. The third-order valence-corrected chi connectivity index (χ3v) is 5.65. The van der Waals surface area contributed by atoms with Gasteiger partial charge in [0.15, 0.2) is 0 Å². The van der Waals surface area contributed by atoms with Gasteiger partial charge in [0.2, 0.25) is 0 Å². The van der Waals surface area contributed by atoms with Gasteiger partial charge in [-0.3, -0.25) is 9.59 Å². The van der Waals surface area contributed by atoms with Crippen LogP contribution in [0.1, 0.15) is 46.5 Å². The van der Waals surface area contributed by atoms with E-state index < -0.39 is 20.7 Å². The van der Waals surface area contributed by atoms with Gasteiger partial charge in [0.25, 0.3) is 0 Å². The zero-order valence-electron chi connectivity index (χ0n) is 12.1. The number of rotatable bonds is 9. The highest BCUT2D eigenvalue weighted by atomic mass is 28.3. The van der Waals surface area contributed by atoms with Crippen LogP contribution in [0.5, 0.6) is 0 Å². The first kappa shape index (κ1) is 16.3. The number of carbonyl (C=O) groups excluding carboxylic acids is 2. The Labute approximate surface area is 116 Å². The number of unbranched alkanes of at least 4 members (excludes halogenated alkanes) is 1. The molecule has 110 valence electrons. The molecule has 0 radical (unpaired) electrons. The molecule has 0 amide bonds. The number of carbonyl (C=O) groups is 2. The van der Waals surface area contributed by atoms with Crippen LogP contribution in [0.25, 0.3) is 0 Å². The maximum absolute atomic E-state index is 11.6. The second-order valence-corrected chi connectivity index (χ2v) is 7.19. The number of hydrogen-bond acceptors (Lipinski definition) is 5. The van der Waals surface area contributed by atoms with Crippen LogP contribution < -0.4 is 0 Å². The standard InChI is InChI=1S/C13H24O5Si/c1-4-16-19(17-5-2)9-7-6-8-13(3)10-11(14)18-12(13)15/h19H,4-10H2,1-3H3. The van der Waals surface area contributed by atoms with Crippen molar-refractivity contribution in [2.45, 2.75) is 52.5 Å². The minimum absolute atomic E-state index is 0.212. The van der Waals surface area contributed by atoms with Crippen LogP contribution in [0, 0.1) is 5.41 Å². The highest BCUT2D eigenvalue weighted by Crippen LogP contribution is 2.35. The lowest BCUT2D eigenvalue weighted by molar-refractivity contribution is -0.155. The summed E-state index contributed by atoms with van der Waals surface area (Å²) in [6.45, 7) is 7.13. The fraction of sp³-hybridized carbons (Fsp3) is 0.846. The van der Waals surface area contributed by atoms with Crippen molar-refractivity contribution in [1.29, 1.82) is 0 Å². The van der Waals surface area contributed by atoms with E-state index in [0.717, 1.165) is 18.9 Å². The third kappa shape index (κ3) is 5.04. The summed E-state index contributed by atoms with van der Waals surface area (Å²) in [6.07, 6.45) is 2.76. The van der Waals surface area contributed by atoms with Gasteiger partial charge in [0.1, 0.15) is 0 Å². The van der Waals surface area contributed by atoms with Gasteiger partial charge in [-0.1, -0.05) is 12.8 Å². The molecule has 0 bridgehead atoms. The molecule has 1 aliphatic rings. The molecule has 1 rings (SSSR count). The van der Waals surface area contributed by atoms with Crippen molar-refractivity contribution in [2.24, 2.45) is 5.41 Å². The van der Waals surface area contributed by atoms with Crippen LogP contribution in [0.3, 0.4) is 0 Å². The first-order valence-electron chi connectivity index (χ1n) is 7.00. The van der Waals surface area contributed by atoms with Gasteiger partial charge in [-0.25, -0.2) is 0 Å². The SMILES string of the molecule is CCO[SiH](CCCCC1(C)CC(=O)OC1=O)OCC. The highest BCUT2D eigenvalue weighted by molar-refractivity contribution is 6.44. The minimum Gasteiger partial charge on any atom is -0.397 e. The van der Waals surface area contributed by atoms with Gasteiger partial charge >= 0.3 is 21.2 Å². The van der Waals surface area contributed by atoms with Gasteiger partial charge < -0.3 is 13.6 Å². The Kier molecular flexibility index (Phi) is 6.68. The topological polar surface area (TPSA) is 61.8 Å². The molecule has 0 saturated carbocycles. The fourth-order valence-corrected chi connectivity index (χ4v) is 4.05. The van der Waals surface area contributed by atoms with Crippen molar-refractivity contribution in [1.82, 2.24) is 0 Å². The summed E-state index contributed by atoms with van der Waals surface area (Å²) < 4.78 is 15.8. The van der Waals surface area contributed by atoms with E-state index in [4.69, 9.17) is 8.85 Å². The van der Waals surface area contributed by atoms with Crippen LogP contribution in [0.2, 0.25) is 6.04 Å². The minimum atomic E-state index is -1.53. The molecule has 5 nitrogen and oxygen atoms in total. The van der Waals surface area contributed by atoms with E-state index in [-0.39, 0.29) is 12.4 Å². The average molecular weight is 288 g/mol. The Morgan fingerprint density at radius 2 is 1.84 bits per heavy atom. The Morgan fingerprint density at radius 3 is 2.32 bits per heavy atom. The van der Waals surface area contributed by atoms with Gasteiger partial charge in [0.05, 0.1) is 11.8 Å². The highest BCUT2D eigenvalue weighted by Gasteiger charge is 2.44. The van der Waals surface area contributed by atoms with Crippen LogP contribution in [-0.2, 0) is 23.2 Å². The molecule has 1 unspecified atom stereocenters. The number of cyclic esters (lactones) is 2. The summed E-state index contributed by atoms with van der Waals surface area (Å²) in [7, 11) is -1.53. The van der Waals surface area contributed by atoms with Crippen molar-refractivity contribution in [3.8, 4) is 0 Å². The zero-order valence-corrected chi connectivity index (χ0v) is 13.2. The molecule has 0 aliphatic carbocycles. The largest absolute Gasteiger partial charge is 0.397 e. The zero-order chi connectivity index (χ0) is 14.3. The Bertz CT molecular complexity index is 314. The Morgan fingerprint density at radius 1 is 1.21 bits per heavy atom. The first-order chi connectivity index (χ1) is 9.01. The summed E-state index contributed by atoms with van der Waals surface area (Å²) in [6, 6.07) is 0.945. The van der Waals surface area contributed by atoms with E-state index in [0.29, 0.717) is 19.6 Å². The van der Waals surface area contributed by atoms with E-state index in [9.17, 15) is 9.59 Å². The van der Waals surface area contributed by atoms with Gasteiger partial charge in [-0.15, -0.1) is 0 Å². The molecule has 19 heavy (non-hydrogen) atoms.